The fraction of sp³-hybridized carbons (Fsp3) is 0.269. The molecule has 1 N–H and O–H groups in total. The van der Waals surface area contributed by atoms with Crippen molar-refractivity contribution >= 4 is 17.1 Å². The first-order valence-corrected chi connectivity index (χ1v) is 11.2. The number of piperidine rings is 1. The number of nitrogens with one attached hydrogen (secondary N) is 1. The second-order valence-corrected chi connectivity index (χ2v) is 8.93. The molecular formula is C26H24N4O3. The molecule has 1 fully saturated rings. The maximum absolute atomic E-state index is 13.5. The zero-order valence-electron chi connectivity index (χ0n) is 18.4. The molecule has 1 atom stereocenters. The molecule has 0 radical (unpaired) electrons. The average Bonchev–Trinajstić information content (AvgIpc) is 3.35. The number of rotatable bonds is 2. The van der Waals surface area contributed by atoms with E-state index in [2.05, 4.69) is 22.1 Å². The van der Waals surface area contributed by atoms with Crippen molar-refractivity contribution in [2.75, 3.05) is 13.1 Å². The molecule has 0 bridgehead atoms. The van der Waals surface area contributed by atoms with Gasteiger partial charge in [0.1, 0.15) is 5.60 Å². The molecule has 7 heteroatoms. The van der Waals surface area contributed by atoms with Crippen LogP contribution in [0.1, 0.15) is 34.3 Å². The number of fused-ring (bicyclic) bond motifs is 3. The smallest absolute Gasteiger partial charge is 0.327 e. The van der Waals surface area contributed by atoms with Crippen LogP contribution >= 0.6 is 0 Å². The Morgan fingerprint density at radius 3 is 2.91 bits per heavy atom. The van der Waals surface area contributed by atoms with E-state index in [4.69, 9.17) is 4.74 Å². The van der Waals surface area contributed by atoms with Crippen LogP contribution in [0.4, 0.5) is 0 Å². The number of aryl methyl sites for hydroxylation is 1. The maximum Gasteiger partial charge on any atom is 0.327 e. The number of carbonyl (C=O) groups is 1. The summed E-state index contributed by atoms with van der Waals surface area (Å²) in [5.41, 5.74) is 5.48. The van der Waals surface area contributed by atoms with Crippen LogP contribution in [0.15, 0.2) is 65.6 Å². The molecule has 4 aromatic rings. The highest BCUT2D eigenvalue weighted by Crippen LogP contribution is 2.43. The minimum absolute atomic E-state index is 0.00647. The molecule has 33 heavy (non-hydrogen) atoms. The van der Waals surface area contributed by atoms with Gasteiger partial charge in [-0.25, -0.2) is 9.78 Å². The molecule has 1 spiro atoms. The molecule has 0 saturated carbocycles. The van der Waals surface area contributed by atoms with Crippen LogP contribution in [0.5, 0.6) is 0 Å². The summed E-state index contributed by atoms with van der Waals surface area (Å²) >= 11 is 0. The fourth-order valence-corrected chi connectivity index (χ4v) is 5.19. The van der Waals surface area contributed by atoms with Crippen LogP contribution in [0.2, 0.25) is 0 Å². The van der Waals surface area contributed by atoms with E-state index in [0.717, 1.165) is 36.0 Å². The third-order valence-electron chi connectivity index (χ3n) is 6.96. The molecule has 166 valence electrons. The Labute approximate surface area is 190 Å². The Morgan fingerprint density at radius 2 is 2.00 bits per heavy atom. The molecule has 2 aliphatic rings. The van der Waals surface area contributed by atoms with Gasteiger partial charge >= 0.3 is 5.69 Å². The normalized spacial score (nSPS) is 19.8. The van der Waals surface area contributed by atoms with Gasteiger partial charge in [-0.05, 0) is 47.7 Å². The van der Waals surface area contributed by atoms with Crippen molar-refractivity contribution in [2.24, 2.45) is 7.05 Å². The molecule has 7 nitrogen and oxygen atoms in total. The molecule has 1 unspecified atom stereocenters. The number of H-pyrrole nitrogens is 1. The monoisotopic (exact) mass is 440 g/mol. The lowest BCUT2D eigenvalue weighted by atomic mass is 9.85. The predicted molar refractivity (Wildman–Crippen MR) is 125 cm³/mol. The average molecular weight is 441 g/mol. The number of imidazole rings is 1. The van der Waals surface area contributed by atoms with Crippen molar-refractivity contribution in [1.29, 1.82) is 0 Å². The van der Waals surface area contributed by atoms with Crippen molar-refractivity contribution in [1.82, 2.24) is 19.4 Å². The quantitative estimate of drug-likeness (QED) is 0.517. The third-order valence-corrected chi connectivity index (χ3v) is 6.96. The second kappa shape index (κ2) is 7.42. The maximum atomic E-state index is 13.5. The summed E-state index contributed by atoms with van der Waals surface area (Å²) in [7, 11) is 1.71. The first-order chi connectivity index (χ1) is 16.0. The number of aromatic amines is 1. The van der Waals surface area contributed by atoms with Crippen LogP contribution in [0.25, 0.3) is 22.3 Å². The van der Waals surface area contributed by atoms with Crippen LogP contribution in [0, 0.1) is 0 Å². The summed E-state index contributed by atoms with van der Waals surface area (Å²) < 4.78 is 7.82. The van der Waals surface area contributed by atoms with Crippen LogP contribution in [-0.4, -0.2) is 38.4 Å². The molecular weight excluding hydrogens is 416 g/mol. The van der Waals surface area contributed by atoms with Crippen LogP contribution in [-0.2, 0) is 24.0 Å². The summed E-state index contributed by atoms with van der Waals surface area (Å²) in [5.74, 6) is 0.00647. The van der Waals surface area contributed by atoms with E-state index >= 15 is 0 Å². The van der Waals surface area contributed by atoms with Crippen molar-refractivity contribution in [2.45, 2.75) is 25.0 Å². The number of amides is 1. The standard InChI is InChI=1S/C26H24N4O3/c1-29-22-13-20(14-27-23(22)28-25(29)32)17-7-4-8-18(12-17)24(31)30-11-5-10-26(16-30)21-9-3-2-6-19(21)15-33-26/h2-4,6-9,12-14H,5,10-11,15-16H2,1H3,(H,27,28,32). The SMILES string of the molecule is Cn1c(=O)[nH]c2ncc(-c3cccc(C(=O)N4CCCC5(C4)OCc4ccccc45)c3)cc21. The van der Waals surface area contributed by atoms with Crippen LogP contribution < -0.4 is 5.69 Å². The minimum Gasteiger partial charge on any atom is -0.364 e. The van der Waals surface area contributed by atoms with E-state index in [1.807, 2.05) is 47.4 Å². The largest absolute Gasteiger partial charge is 0.364 e. The second-order valence-electron chi connectivity index (χ2n) is 8.93. The van der Waals surface area contributed by atoms with Crippen molar-refractivity contribution in [3.8, 4) is 11.1 Å². The van der Waals surface area contributed by atoms with Crippen molar-refractivity contribution < 1.29 is 9.53 Å². The topological polar surface area (TPSA) is 80.2 Å². The molecule has 4 heterocycles. The first kappa shape index (κ1) is 19.9. The molecule has 2 aromatic heterocycles. The number of carbonyl (C=O) groups excluding carboxylic acids is 1. The molecule has 1 amide bonds. The molecule has 1 saturated heterocycles. The Morgan fingerprint density at radius 1 is 1.12 bits per heavy atom. The number of likely N-dealkylation sites (tertiary alicyclic amines) is 1. The number of hydrogen-bond acceptors (Lipinski definition) is 4. The summed E-state index contributed by atoms with van der Waals surface area (Å²) in [6, 6.07) is 17.9. The van der Waals surface area contributed by atoms with E-state index < -0.39 is 5.60 Å². The van der Waals surface area contributed by atoms with Crippen molar-refractivity contribution in [3.63, 3.8) is 0 Å². The van der Waals surface area contributed by atoms with Gasteiger partial charge in [-0.2, -0.15) is 0 Å². The predicted octanol–water partition coefficient (Wildman–Crippen LogP) is 3.59. The summed E-state index contributed by atoms with van der Waals surface area (Å²) in [4.78, 5) is 34.4. The van der Waals surface area contributed by atoms with Gasteiger partial charge in [0.2, 0.25) is 0 Å². The number of hydrogen-bond donors (Lipinski definition) is 1. The van der Waals surface area contributed by atoms with Gasteiger partial charge in [-0.1, -0.05) is 36.4 Å². The summed E-state index contributed by atoms with van der Waals surface area (Å²) in [5, 5.41) is 0. The lowest BCUT2D eigenvalue weighted by Crippen LogP contribution is -2.48. The van der Waals surface area contributed by atoms with Crippen LogP contribution in [0.3, 0.4) is 0 Å². The highest BCUT2D eigenvalue weighted by molar-refractivity contribution is 5.96. The Kier molecular flexibility index (Phi) is 4.48. The molecule has 2 aliphatic heterocycles. The van der Waals surface area contributed by atoms with Gasteiger partial charge in [0.05, 0.1) is 18.7 Å². The van der Waals surface area contributed by atoms with Gasteiger partial charge in [-0.15, -0.1) is 0 Å². The summed E-state index contributed by atoms with van der Waals surface area (Å²) in [6.45, 7) is 1.88. The van der Waals surface area contributed by atoms with E-state index in [1.54, 1.807) is 13.2 Å². The van der Waals surface area contributed by atoms with E-state index in [1.165, 1.54) is 15.7 Å². The zero-order valence-corrected chi connectivity index (χ0v) is 18.4. The van der Waals surface area contributed by atoms with E-state index in [-0.39, 0.29) is 11.6 Å². The van der Waals surface area contributed by atoms with Gasteiger partial charge in [0, 0.05) is 30.9 Å². The molecule has 6 rings (SSSR count). The van der Waals surface area contributed by atoms with Gasteiger partial charge in [-0.3, -0.25) is 14.3 Å². The highest BCUT2D eigenvalue weighted by Gasteiger charge is 2.44. The third kappa shape index (κ3) is 3.19. The first-order valence-electron chi connectivity index (χ1n) is 11.2. The zero-order chi connectivity index (χ0) is 22.6. The minimum atomic E-state index is -0.407. The Balaban J connectivity index is 1.30. The highest BCUT2D eigenvalue weighted by atomic mass is 16.5. The van der Waals surface area contributed by atoms with E-state index in [0.29, 0.717) is 24.4 Å². The fourth-order valence-electron chi connectivity index (χ4n) is 5.19. The van der Waals surface area contributed by atoms with Gasteiger partial charge in [0.25, 0.3) is 5.91 Å². The van der Waals surface area contributed by atoms with Gasteiger partial charge < -0.3 is 9.64 Å². The number of ether oxygens (including phenoxy) is 1. The molecule has 0 aliphatic carbocycles. The lowest BCUT2D eigenvalue weighted by Gasteiger charge is -2.40. The molecule has 2 aromatic carbocycles. The van der Waals surface area contributed by atoms with Gasteiger partial charge in [0.15, 0.2) is 5.65 Å². The Bertz CT molecular complexity index is 1450. The number of aromatic nitrogens is 3. The Hall–Kier alpha value is -3.71. The lowest BCUT2D eigenvalue weighted by molar-refractivity contribution is -0.0785. The number of benzene rings is 2. The summed E-state index contributed by atoms with van der Waals surface area (Å²) in [6.07, 6.45) is 3.55. The van der Waals surface area contributed by atoms with E-state index in [9.17, 15) is 9.59 Å². The number of pyridine rings is 1. The van der Waals surface area contributed by atoms with Crippen molar-refractivity contribution in [3.05, 3.63) is 88.0 Å². The number of nitrogens with zero attached hydrogens (tertiary/aromatic N) is 3.